The molecule has 1 atom stereocenters. The van der Waals surface area contributed by atoms with Crippen LogP contribution >= 0.6 is 0 Å². The van der Waals surface area contributed by atoms with Gasteiger partial charge in [-0.1, -0.05) is 30.3 Å². The Morgan fingerprint density at radius 1 is 1.26 bits per heavy atom. The minimum Gasteiger partial charge on any atom is -0.480 e. The number of carboxylic acid groups (broad SMARTS) is 1. The maximum absolute atomic E-state index is 12.1. The summed E-state index contributed by atoms with van der Waals surface area (Å²) in [5, 5.41) is 8.49. The topological polar surface area (TPSA) is 108 Å². The second-order valence-electron chi connectivity index (χ2n) is 4.23. The Labute approximate surface area is 111 Å². The molecule has 1 aliphatic heterocycles. The van der Waals surface area contributed by atoms with E-state index in [9.17, 15) is 18.3 Å². The molecule has 0 unspecified atom stereocenters. The lowest BCUT2D eigenvalue weighted by molar-refractivity contribution is -0.139. The molecule has 0 spiro atoms. The third-order valence-electron chi connectivity index (χ3n) is 2.89. The number of hydrogen-bond donors (Lipinski definition) is 4. The molecule has 0 aliphatic carbocycles. The van der Waals surface area contributed by atoms with Crippen LogP contribution in [0.1, 0.15) is 11.6 Å². The van der Waals surface area contributed by atoms with E-state index < -0.39 is 27.3 Å². The van der Waals surface area contributed by atoms with E-state index in [0.717, 1.165) is 0 Å². The molecule has 7 nitrogen and oxygen atoms in total. The predicted octanol–water partition coefficient (Wildman–Crippen LogP) is -0.792. The zero-order valence-electron chi connectivity index (χ0n) is 10.0. The molecule has 4 N–H and O–H groups in total. The number of hydrogen-bond acceptors (Lipinski definition) is 5. The van der Waals surface area contributed by atoms with Crippen LogP contribution in [0.15, 0.2) is 30.3 Å². The monoisotopic (exact) mass is 285 g/mol. The summed E-state index contributed by atoms with van der Waals surface area (Å²) in [7, 11) is -3.71. The first kappa shape index (κ1) is 13.9. The highest BCUT2D eigenvalue weighted by Crippen LogP contribution is 2.15. The van der Waals surface area contributed by atoms with Gasteiger partial charge in [0.1, 0.15) is 11.3 Å². The number of sulfonamides is 1. The summed E-state index contributed by atoms with van der Waals surface area (Å²) in [4.78, 5) is 11.2. The number of benzene rings is 1. The van der Waals surface area contributed by atoms with Crippen molar-refractivity contribution >= 4 is 16.0 Å². The van der Waals surface area contributed by atoms with Crippen molar-refractivity contribution in [2.75, 3.05) is 13.1 Å². The van der Waals surface area contributed by atoms with Crippen LogP contribution in [-0.4, -0.2) is 37.8 Å². The molecule has 1 saturated heterocycles. The van der Waals surface area contributed by atoms with E-state index in [2.05, 4.69) is 15.6 Å². The van der Waals surface area contributed by atoms with Crippen LogP contribution in [0.5, 0.6) is 0 Å². The van der Waals surface area contributed by atoms with E-state index >= 15 is 0 Å². The zero-order chi connectivity index (χ0) is 13.9. The highest BCUT2D eigenvalue weighted by Gasteiger charge is 2.33. The van der Waals surface area contributed by atoms with Gasteiger partial charge in [-0.25, -0.2) is 8.42 Å². The molecule has 8 heteroatoms. The van der Waals surface area contributed by atoms with Crippen LogP contribution in [0.3, 0.4) is 0 Å². The third kappa shape index (κ3) is 3.29. The first-order chi connectivity index (χ1) is 9.00. The second-order valence-corrected chi connectivity index (χ2v) is 6.22. The first-order valence-corrected chi connectivity index (χ1v) is 7.30. The second kappa shape index (κ2) is 5.66. The number of nitrogens with one attached hydrogen (secondary N) is 3. The van der Waals surface area contributed by atoms with Crippen molar-refractivity contribution in [3.05, 3.63) is 35.9 Å². The summed E-state index contributed by atoms with van der Waals surface area (Å²) in [6.45, 7) is 0.493. The Bertz CT molecular complexity index is 540. The highest BCUT2D eigenvalue weighted by molar-refractivity contribution is 7.90. The van der Waals surface area contributed by atoms with Crippen LogP contribution < -0.4 is 15.6 Å². The molecule has 104 valence electrons. The molecule has 1 aromatic carbocycles. The molecule has 1 heterocycles. The van der Waals surface area contributed by atoms with Crippen LogP contribution in [0.4, 0.5) is 0 Å². The smallest absolute Gasteiger partial charge is 0.326 e. The average molecular weight is 285 g/mol. The van der Waals surface area contributed by atoms with Crippen LogP contribution in [0.25, 0.3) is 0 Å². The predicted molar refractivity (Wildman–Crippen MR) is 68.7 cm³/mol. The van der Waals surface area contributed by atoms with Crippen molar-refractivity contribution in [1.82, 2.24) is 15.6 Å². The van der Waals surface area contributed by atoms with Crippen LogP contribution in [0, 0.1) is 0 Å². The van der Waals surface area contributed by atoms with Crippen molar-refractivity contribution in [2.45, 2.75) is 11.3 Å². The van der Waals surface area contributed by atoms with Crippen molar-refractivity contribution in [1.29, 1.82) is 0 Å². The fraction of sp³-hybridized carbons (Fsp3) is 0.364. The minimum atomic E-state index is -3.71. The fourth-order valence-electron chi connectivity index (χ4n) is 1.83. The zero-order valence-corrected chi connectivity index (χ0v) is 10.9. The van der Waals surface area contributed by atoms with Gasteiger partial charge in [0.15, 0.2) is 0 Å². The molecule has 2 rings (SSSR count). The van der Waals surface area contributed by atoms with Crippen LogP contribution in [-0.2, 0) is 14.8 Å². The Hall–Kier alpha value is -1.48. The third-order valence-corrected chi connectivity index (χ3v) is 4.66. The van der Waals surface area contributed by atoms with Gasteiger partial charge in [0.25, 0.3) is 0 Å². The Kier molecular flexibility index (Phi) is 4.15. The maximum Gasteiger partial charge on any atom is 0.326 e. The van der Waals surface area contributed by atoms with Gasteiger partial charge in [-0.15, -0.1) is 0 Å². The molecule has 0 saturated carbocycles. The number of carbonyl (C=O) groups is 1. The van der Waals surface area contributed by atoms with E-state index in [1.165, 1.54) is 0 Å². The van der Waals surface area contributed by atoms with Gasteiger partial charge in [-0.2, -0.15) is 4.72 Å². The van der Waals surface area contributed by atoms with Crippen molar-refractivity contribution < 1.29 is 18.3 Å². The summed E-state index contributed by atoms with van der Waals surface area (Å²) in [5.41, 5.74) is 5.81. The maximum atomic E-state index is 12.1. The Balaban J connectivity index is 2.20. The van der Waals surface area contributed by atoms with Crippen molar-refractivity contribution in [3.8, 4) is 0 Å². The van der Waals surface area contributed by atoms with E-state index in [1.54, 1.807) is 30.3 Å². The minimum absolute atomic E-state index is 0.246. The largest absolute Gasteiger partial charge is 0.480 e. The van der Waals surface area contributed by atoms with E-state index in [1.807, 2.05) is 0 Å². The van der Waals surface area contributed by atoms with Gasteiger partial charge in [-0.05, 0) is 5.56 Å². The SMILES string of the molecule is O=C(O)[C@@H](NS(=O)(=O)C1CNNC1)c1ccccc1. The molecule has 0 bridgehead atoms. The molecule has 0 radical (unpaired) electrons. The number of hydrazine groups is 1. The summed E-state index contributed by atoms with van der Waals surface area (Å²) in [5.74, 6) is -1.23. The molecule has 0 aromatic heterocycles. The van der Waals surface area contributed by atoms with Gasteiger partial charge in [-0.3, -0.25) is 15.6 Å². The van der Waals surface area contributed by atoms with Crippen molar-refractivity contribution in [3.63, 3.8) is 0 Å². The normalized spacial score (nSPS) is 18.3. The highest BCUT2D eigenvalue weighted by atomic mass is 32.2. The van der Waals surface area contributed by atoms with Gasteiger partial charge >= 0.3 is 5.97 Å². The molecule has 1 aliphatic rings. The van der Waals surface area contributed by atoms with E-state index in [-0.39, 0.29) is 13.1 Å². The number of aliphatic carboxylic acids is 1. The lowest BCUT2D eigenvalue weighted by atomic mass is 10.1. The molecule has 0 amide bonds. The van der Waals surface area contributed by atoms with E-state index in [0.29, 0.717) is 5.56 Å². The lowest BCUT2D eigenvalue weighted by Crippen LogP contribution is -2.41. The molecule has 19 heavy (non-hydrogen) atoms. The molecular formula is C11H15N3O4S. The summed E-state index contributed by atoms with van der Waals surface area (Å²) >= 11 is 0. The summed E-state index contributed by atoms with van der Waals surface area (Å²) < 4.78 is 26.4. The summed E-state index contributed by atoms with van der Waals surface area (Å²) in [6, 6.07) is 6.95. The molecule has 1 fully saturated rings. The number of rotatable bonds is 5. The Morgan fingerprint density at radius 2 is 1.84 bits per heavy atom. The van der Waals surface area contributed by atoms with Crippen LogP contribution in [0.2, 0.25) is 0 Å². The van der Waals surface area contributed by atoms with Gasteiger partial charge < -0.3 is 5.11 Å². The summed E-state index contributed by atoms with van der Waals surface area (Å²) in [6.07, 6.45) is 0. The number of carboxylic acids is 1. The van der Waals surface area contributed by atoms with Gasteiger partial charge in [0, 0.05) is 13.1 Å². The fourth-order valence-corrected chi connectivity index (χ4v) is 3.19. The first-order valence-electron chi connectivity index (χ1n) is 5.75. The Morgan fingerprint density at radius 3 is 2.37 bits per heavy atom. The van der Waals surface area contributed by atoms with Gasteiger partial charge in [0.2, 0.25) is 10.0 Å². The van der Waals surface area contributed by atoms with E-state index in [4.69, 9.17) is 0 Å². The lowest BCUT2D eigenvalue weighted by Gasteiger charge is -2.17. The van der Waals surface area contributed by atoms with Gasteiger partial charge in [0.05, 0.1) is 0 Å². The molecular weight excluding hydrogens is 270 g/mol. The standard InChI is InChI=1S/C11H15N3O4S/c15-11(16)10(8-4-2-1-3-5-8)14-19(17,18)9-6-12-13-7-9/h1-5,9-10,12-14H,6-7H2,(H,15,16)/t10-/m0/s1. The molecule has 1 aromatic rings. The average Bonchev–Trinajstić information content (AvgIpc) is 2.91. The van der Waals surface area contributed by atoms with Crippen molar-refractivity contribution in [2.24, 2.45) is 0 Å². The quantitative estimate of drug-likeness (QED) is 0.564.